The molecule has 0 spiro atoms. The number of urea groups is 1. The number of fused-ring (bicyclic) bond motifs is 2. The second kappa shape index (κ2) is 6.34. The summed E-state index contributed by atoms with van der Waals surface area (Å²) in [7, 11) is 0. The van der Waals surface area contributed by atoms with E-state index in [1.165, 1.54) is 17.5 Å². The van der Waals surface area contributed by atoms with Gasteiger partial charge in [-0.3, -0.25) is 24.8 Å². The predicted molar refractivity (Wildman–Crippen MR) is 97.2 cm³/mol. The Labute approximate surface area is 152 Å². The van der Waals surface area contributed by atoms with Gasteiger partial charge in [-0.25, -0.2) is 4.79 Å². The van der Waals surface area contributed by atoms with Crippen molar-refractivity contribution in [2.24, 2.45) is 22.7 Å². The van der Waals surface area contributed by atoms with Crippen LogP contribution in [0.25, 0.3) is 0 Å². The number of amides is 4. The molecule has 6 heteroatoms. The second-order valence-electron chi connectivity index (χ2n) is 7.79. The number of barbiturate groups is 1. The normalized spacial score (nSPS) is 31.2. The molecule has 1 aromatic rings. The van der Waals surface area contributed by atoms with E-state index < -0.39 is 23.8 Å². The lowest BCUT2D eigenvalue weighted by Gasteiger charge is -2.36. The molecule has 0 unspecified atom stereocenters. The van der Waals surface area contributed by atoms with Gasteiger partial charge in [-0.2, -0.15) is 0 Å². The molecule has 1 aromatic carbocycles. The molecule has 2 bridgehead atoms. The Bertz CT molecular complexity index is 817. The molecule has 2 aliphatic carbocycles. The monoisotopic (exact) mass is 353 g/mol. The first-order chi connectivity index (χ1) is 12.4. The van der Waals surface area contributed by atoms with Crippen molar-refractivity contribution in [3.8, 4) is 0 Å². The van der Waals surface area contributed by atoms with Crippen molar-refractivity contribution >= 4 is 29.7 Å². The van der Waals surface area contributed by atoms with Gasteiger partial charge in [0.1, 0.15) is 0 Å². The Kier molecular flexibility index (Phi) is 4.13. The molecular weight excluding hydrogens is 330 g/mol. The van der Waals surface area contributed by atoms with E-state index in [0.717, 1.165) is 36.1 Å². The Morgan fingerprint density at radius 3 is 2.62 bits per heavy atom. The molecule has 2 saturated carbocycles. The highest BCUT2D eigenvalue weighted by Gasteiger charge is 2.50. The van der Waals surface area contributed by atoms with Crippen molar-refractivity contribution in [2.45, 2.75) is 45.6 Å². The standard InChI is InChI=1S/C20H23N3O3/c1-11-3-6-16(12(2)7-11)21-10-15-18(24)22-20(26)23(19(15)25)17-9-13-4-5-14(17)8-13/h3,6-7,10,13-15,17H,4-5,8-9H2,1-2H3,(H,22,24,26)/t13-,14-,15-,17+/m0/s1. The van der Waals surface area contributed by atoms with Gasteiger partial charge in [0.05, 0.1) is 5.69 Å². The maximum atomic E-state index is 12.9. The third-order valence-corrected chi connectivity index (χ3v) is 5.98. The summed E-state index contributed by atoms with van der Waals surface area (Å²) in [4.78, 5) is 43.1. The number of aliphatic imine (C=N–C) groups is 1. The van der Waals surface area contributed by atoms with E-state index in [1.54, 1.807) is 0 Å². The van der Waals surface area contributed by atoms with E-state index >= 15 is 0 Å². The van der Waals surface area contributed by atoms with Gasteiger partial charge in [0.25, 0.3) is 0 Å². The average Bonchev–Trinajstić information content (AvgIpc) is 3.19. The molecule has 136 valence electrons. The highest BCUT2D eigenvalue weighted by atomic mass is 16.2. The van der Waals surface area contributed by atoms with E-state index in [2.05, 4.69) is 10.3 Å². The number of aryl methyl sites for hydroxylation is 2. The Hall–Kier alpha value is -2.50. The molecule has 4 amide bonds. The molecule has 4 rings (SSSR count). The van der Waals surface area contributed by atoms with Gasteiger partial charge < -0.3 is 0 Å². The van der Waals surface area contributed by atoms with Gasteiger partial charge in [-0.1, -0.05) is 24.1 Å². The van der Waals surface area contributed by atoms with Crippen LogP contribution in [0.3, 0.4) is 0 Å². The maximum Gasteiger partial charge on any atom is 0.331 e. The van der Waals surface area contributed by atoms with Gasteiger partial charge in [0.2, 0.25) is 11.8 Å². The van der Waals surface area contributed by atoms with Crippen LogP contribution in [0.2, 0.25) is 0 Å². The van der Waals surface area contributed by atoms with Gasteiger partial charge >= 0.3 is 6.03 Å². The molecule has 0 radical (unpaired) electrons. The highest BCUT2D eigenvalue weighted by Crippen LogP contribution is 2.47. The third-order valence-electron chi connectivity index (χ3n) is 5.98. The van der Waals surface area contributed by atoms with Crippen molar-refractivity contribution in [2.75, 3.05) is 0 Å². The van der Waals surface area contributed by atoms with Gasteiger partial charge in [0.15, 0.2) is 5.92 Å². The summed E-state index contributed by atoms with van der Waals surface area (Å²) >= 11 is 0. The molecule has 1 N–H and O–H groups in total. The fraction of sp³-hybridized carbons (Fsp3) is 0.500. The maximum absolute atomic E-state index is 12.9. The molecule has 6 nitrogen and oxygen atoms in total. The molecule has 1 aliphatic heterocycles. The molecule has 3 fully saturated rings. The highest BCUT2D eigenvalue weighted by molar-refractivity contribution is 6.23. The summed E-state index contributed by atoms with van der Waals surface area (Å²) in [6.45, 7) is 3.94. The molecule has 0 aromatic heterocycles. The number of carbonyl (C=O) groups is 3. The van der Waals surface area contributed by atoms with Crippen LogP contribution in [0, 0.1) is 31.6 Å². The van der Waals surface area contributed by atoms with E-state index in [4.69, 9.17) is 0 Å². The van der Waals surface area contributed by atoms with Crippen molar-refractivity contribution in [3.63, 3.8) is 0 Å². The second-order valence-corrected chi connectivity index (χ2v) is 7.79. The number of imide groups is 2. The van der Waals surface area contributed by atoms with Gasteiger partial charge in [0, 0.05) is 12.3 Å². The quantitative estimate of drug-likeness (QED) is 0.670. The fourth-order valence-electron chi connectivity index (χ4n) is 4.68. The molecule has 1 saturated heterocycles. The van der Waals surface area contributed by atoms with Crippen molar-refractivity contribution in [1.29, 1.82) is 0 Å². The van der Waals surface area contributed by atoms with Crippen LogP contribution < -0.4 is 5.32 Å². The lowest BCUT2D eigenvalue weighted by Crippen LogP contribution is -2.62. The van der Waals surface area contributed by atoms with E-state index in [-0.39, 0.29) is 6.04 Å². The first-order valence-corrected chi connectivity index (χ1v) is 9.23. The van der Waals surface area contributed by atoms with Gasteiger partial charge in [-0.15, -0.1) is 0 Å². The SMILES string of the molecule is Cc1ccc(N=C[C@H]2C(=O)NC(=O)N([C@@H]3C[C@H]4CC[C@H]3C4)C2=O)c(C)c1. The molecule has 26 heavy (non-hydrogen) atoms. The fourth-order valence-corrected chi connectivity index (χ4v) is 4.68. The summed E-state index contributed by atoms with van der Waals surface area (Å²) in [5.74, 6) is -1.10. The van der Waals surface area contributed by atoms with Crippen molar-refractivity contribution < 1.29 is 14.4 Å². The largest absolute Gasteiger partial charge is 0.331 e. The summed E-state index contributed by atoms with van der Waals surface area (Å²) < 4.78 is 0. The van der Waals surface area contributed by atoms with Crippen LogP contribution in [0.15, 0.2) is 23.2 Å². The molecule has 4 atom stereocenters. The number of benzene rings is 1. The number of hydrogen-bond acceptors (Lipinski definition) is 4. The van der Waals surface area contributed by atoms with Crippen LogP contribution >= 0.6 is 0 Å². The van der Waals surface area contributed by atoms with Crippen LogP contribution in [0.1, 0.15) is 36.8 Å². The number of rotatable bonds is 3. The Morgan fingerprint density at radius 1 is 1.15 bits per heavy atom. The van der Waals surface area contributed by atoms with E-state index in [1.807, 2.05) is 32.0 Å². The van der Waals surface area contributed by atoms with Crippen LogP contribution in [-0.4, -0.2) is 35.0 Å². The van der Waals surface area contributed by atoms with Crippen molar-refractivity contribution in [3.05, 3.63) is 29.3 Å². The number of carbonyl (C=O) groups excluding carboxylic acids is 3. The summed E-state index contributed by atoms with van der Waals surface area (Å²) in [6, 6.07) is 5.15. The third kappa shape index (κ3) is 2.83. The zero-order valence-corrected chi connectivity index (χ0v) is 15.1. The molecule has 3 aliphatic rings. The summed E-state index contributed by atoms with van der Waals surface area (Å²) in [5, 5.41) is 2.34. The summed E-state index contributed by atoms with van der Waals surface area (Å²) in [5.41, 5.74) is 2.83. The minimum atomic E-state index is -1.05. The number of hydrogen-bond donors (Lipinski definition) is 1. The lowest BCUT2D eigenvalue weighted by molar-refractivity contribution is -0.141. The summed E-state index contributed by atoms with van der Waals surface area (Å²) in [6.07, 6.45) is 5.56. The lowest BCUT2D eigenvalue weighted by atomic mass is 9.92. The predicted octanol–water partition coefficient (Wildman–Crippen LogP) is 2.89. The number of nitrogens with zero attached hydrogens (tertiary/aromatic N) is 2. The van der Waals surface area contributed by atoms with Crippen LogP contribution in [-0.2, 0) is 9.59 Å². The first kappa shape index (κ1) is 16.9. The van der Waals surface area contributed by atoms with E-state index in [0.29, 0.717) is 11.8 Å². The van der Waals surface area contributed by atoms with Gasteiger partial charge in [-0.05, 0) is 56.6 Å². The zero-order valence-electron chi connectivity index (χ0n) is 15.1. The average molecular weight is 353 g/mol. The van der Waals surface area contributed by atoms with Crippen LogP contribution in [0.4, 0.5) is 10.5 Å². The molecule has 1 heterocycles. The first-order valence-electron chi connectivity index (χ1n) is 9.23. The van der Waals surface area contributed by atoms with Crippen molar-refractivity contribution in [1.82, 2.24) is 10.2 Å². The smallest absolute Gasteiger partial charge is 0.277 e. The zero-order chi connectivity index (χ0) is 18.4. The topological polar surface area (TPSA) is 78.8 Å². The molecular formula is C20H23N3O3. The van der Waals surface area contributed by atoms with Crippen LogP contribution in [0.5, 0.6) is 0 Å². The minimum absolute atomic E-state index is 0.0774. The Balaban J connectivity index is 1.57. The number of nitrogens with one attached hydrogen (secondary N) is 1. The minimum Gasteiger partial charge on any atom is -0.277 e. The Morgan fingerprint density at radius 2 is 1.96 bits per heavy atom. The van der Waals surface area contributed by atoms with E-state index in [9.17, 15) is 14.4 Å².